The summed E-state index contributed by atoms with van der Waals surface area (Å²) < 4.78 is 33.4. The van der Waals surface area contributed by atoms with E-state index in [1.807, 2.05) is 0 Å². The molecule has 10 heteroatoms. The Kier molecular flexibility index (Phi) is 7.37. The Balaban J connectivity index is 2.12. The minimum atomic E-state index is -4.22. The van der Waals surface area contributed by atoms with Gasteiger partial charge in [0.1, 0.15) is 11.8 Å². The molecule has 3 rings (SSSR count). The molecule has 0 saturated carbocycles. The number of carboxylic acid groups (broad SMARTS) is 1. The Bertz CT molecular complexity index is 1240. The van der Waals surface area contributed by atoms with Crippen LogP contribution >= 0.6 is 11.6 Å². The molecule has 0 aromatic heterocycles. The molecular weight excluding hydrogens is 468 g/mol. The monoisotopic (exact) mass is 488 g/mol. The molecule has 0 heterocycles. The van der Waals surface area contributed by atoms with Crippen LogP contribution in [0.2, 0.25) is 5.02 Å². The van der Waals surface area contributed by atoms with Gasteiger partial charge in [0.15, 0.2) is 0 Å². The number of carbonyl (C=O) groups excluding carboxylic acids is 1. The number of hydrogen-bond acceptors (Lipinski definition) is 5. The van der Waals surface area contributed by atoms with Gasteiger partial charge in [-0.05, 0) is 59.7 Å². The summed E-state index contributed by atoms with van der Waals surface area (Å²) in [4.78, 5) is 23.6. The smallest absolute Gasteiger partial charge is 0.335 e. The zero-order chi connectivity index (χ0) is 24.2. The number of nitrogens with zero attached hydrogens (tertiary/aromatic N) is 1. The molecule has 172 valence electrons. The van der Waals surface area contributed by atoms with Gasteiger partial charge >= 0.3 is 5.97 Å². The SMILES string of the molecule is COc1ccc(C(C(N)=O)N(Cc2ccc(C(=O)O)cc2)S(=O)(=O)c2ccc(Cl)cc2)cc1. The Morgan fingerprint density at radius 3 is 2.06 bits per heavy atom. The number of amides is 1. The van der Waals surface area contributed by atoms with E-state index in [1.165, 1.54) is 55.6 Å². The van der Waals surface area contributed by atoms with Gasteiger partial charge in [-0.25, -0.2) is 13.2 Å². The number of ether oxygens (including phenoxy) is 1. The number of halogens is 1. The molecule has 0 bridgehead atoms. The third-order valence-corrected chi connectivity index (χ3v) is 7.03. The summed E-state index contributed by atoms with van der Waals surface area (Å²) in [6, 6.07) is 16.2. The van der Waals surface area contributed by atoms with Gasteiger partial charge in [0.25, 0.3) is 0 Å². The molecule has 0 saturated heterocycles. The van der Waals surface area contributed by atoms with E-state index in [4.69, 9.17) is 27.2 Å². The van der Waals surface area contributed by atoms with Crippen molar-refractivity contribution < 1.29 is 27.9 Å². The lowest BCUT2D eigenvalue weighted by Gasteiger charge is -2.29. The lowest BCUT2D eigenvalue weighted by Crippen LogP contribution is -2.41. The van der Waals surface area contributed by atoms with Crippen molar-refractivity contribution in [2.75, 3.05) is 7.11 Å². The fourth-order valence-corrected chi connectivity index (χ4v) is 4.95. The second-order valence-electron chi connectivity index (χ2n) is 7.08. The number of nitrogens with two attached hydrogens (primary N) is 1. The molecule has 3 aromatic rings. The van der Waals surface area contributed by atoms with Crippen molar-refractivity contribution in [1.29, 1.82) is 0 Å². The van der Waals surface area contributed by atoms with E-state index in [2.05, 4.69) is 0 Å². The molecule has 0 radical (unpaired) electrons. The Morgan fingerprint density at radius 1 is 1.00 bits per heavy atom. The summed E-state index contributed by atoms with van der Waals surface area (Å²) in [7, 11) is -2.74. The standard InChI is InChI=1S/C23H21ClN2O6S/c1-32-19-10-6-16(7-11-19)21(22(25)27)26(14-15-2-4-17(5-3-15)23(28)29)33(30,31)20-12-8-18(24)9-13-20/h2-13,21H,14H2,1H3,(H2,25,27)(H,28,29). The third kappa shape index (κ3) is 5.51. The second kappa shape index (κ2) is 10.0. The minimum Gasteiger partial charge on any atom is -0.497 e. The Morgan fingerprint density at radius 2 is 1.58 bits per heavy atom. The van der Waals surface area contributed by atoms with Gasteiger partial charge in [0.05, 0.1) is 17.6 Å². The van der Waals surface area contributed by atoms with Gasteiger partial charge in [0, 0.05) is 11.6 Å². The van der Waals surface area contributed by atoms with Crippen LogP contribution < -0.4 is 10.5 Å². The maximum Gasteiger partial charge on any atom is 0.335 e. The Hall–Kier alpha value is -3.40. The summed E-state index contributed by atoms with van der Waals surface area (Å²) in [5.74, 6) is -1.46. The zero-order valence-electron chi connectivity index (χ0n) is 17.5. The van der Waals surface area contributed by atoms with Crippen LogP contribution in [-0.4, -0.2) is 36.8 Å². The van der Waals surface area contributed by atoms with Gasteiger partial charge in [-0.3, -0.25) is 4.79 Å². The number of carbonyl (C=O) groups is 2. The highest BCUT2D eigenvalue weighted by Crippen LogP contribution is 2.31. The fourth-order valence-electron chi connectivity index (χ4n) is 3.25. The first-order chi connectivity index (χ1) is 15.6. The van der Waals surface area contributed by atoms with Crippen LogP contribution in [0.3, 0.4) is 0 Å². The predicted octanol–water partition coefficient (Wildman–Crippen LogP) is 3.46. The van der Waals surface area contributed by atoms with Crippen molar-refractivity contribution in [3.05, 3.63) is 94.5 Å². The highest BCUT2D eigenvalue weighted by atomic mass is 35.5. The number of benzene rings is 3. The molecule has 0 spiro atoms. The van der Waals surface area contributed by atoms with Crippen LogP contribution in [0, 0.1) is 0 Å². The Labute approximate surface area is 196 Å². The van der Waals surface area contributed by atoms with Crippen molar-refractivity contribution in [3.8, 4) is 5.75 Å². The normalized spacial score (nSPS) is 12.3. The summed E-state index contributed by atoms with van der Waals surface area (Å²) in [5.41, 5.74) is 6.55. The second-order valence-corrected chi connectivity index (χ2v) is 9.41. The number of carboxylic acids is 1. The first-order valence-corrected chi connectivity index (χ1v) is 11.5. The zero-order valence-corrected chi connectivity index (χ0v) is 19.1. The van der Waals surface area contributed by atoms with Crippen LogP contribution in [0.5, 0.6) is 5.75 Å². The van der Waals surface area contributed by atoms with Crippen LogP contribution in [-0.2, 0) is 21.4 Å². The van der Waals surface area contributed by atoms with E-state index in [9.17, 15) is 18.0 Å². The van der Waals surface area contributed by atoms with E-state index in [0.29, 0.717) is 21.9 Å². The molecule has 0 aliphatic rings. The van der Waals surface area contributed by atoms with Crippen LogP contribution in [0.1, 0.15) is 27.5 Å². The van der Waals surface area contributed by atoms with Crippen molar-refractivity contribution in [3.63, 3.8) is 0 Å². The average Bonchev–Trinajstić information content (AvgIpc) is 2.79. The molecular formula is C23H21ClN2O6S. The van der Waals surface area contributed by atoms with Gasteiger partial charge in [-0.1, -0.05) is 35.9 Å². The van der Waals surface area contributed by atoms with Gasteiger partial charge in [0.2, 0.25) is 15.9 Å². The van der Waals surface area contributed by atoms with Crippen LogP contribution in [0.25, 0.3) is 0 Å². The predicted molar refractivity (Wildman–Crippen MR) is 123 cm³/mol. The largest absolute Gasteiger partial charge is 0.497 e. The minimum absolute atomic E-state index is 0.0486. The number of rotatable bonds is 9. The number of sulfonamides is 1. The summed E-state index contributed by atoms with van der Waals surface area (Å²) >= 11 is 5.91. The molecule has 1 unspecified atom stereocenters. The molecule has 1 atom stereocenters. The van der Waals surface area contributed by atoms with Gasteiger partial charge < -0.3 is 15.6 Å². The highest BCUT2D eigenvalue weighted by molar-refractivity contribution is 7.89. The van der Waals surface area contributed by atoms with Crippen LogP contribution in [0.15, 0.2) is 77.7 Å². The van der Waals surface area contributed by atoms with E-state index < -0.39 is 27.9 Å². The van der Waals surface area contributed by atoms with Crippen molar-refractivity contribution in [1.82, 2.24) is 4.31 Å². The molecule has 0 aliphatic carbocycles. The fraction of sp³-hybridized carbons (Fsp3) is 0.130. The average molecular weight is 489 g/mol. The molecule has 0 aliphatic heterocycles. The lowest BCUT2D eigenvalue weighted by molar-refractivity contribution is -0.122. The van der Waals surface area contributed by atoms with Crippen molar-refractivity contribution in [2.24, 2.45) is 5.73 Å². The molecule has 33 heavy (non-hydrogen) atoms. The number of primary amides is 1. The van der Waals surface area contributed by atoms with E-state index in [-0.39, 0.29) is 17.0 Å². The summed E-state index contributed by atoms with van der Waals surface area (Å²) in [6.07, 6.45) is 0. The summed E-state index contributed by atoms with van der Waals surface area (Å²) in [6.45, 7) is -0.232. The number of hydrogen-bond donors (Lipinski definition) is 2. The molecule has 0 fully saturated rings. The molecule has 3 aromatic carbocycles. The lowest BCUT2D eigenvalue weighted by atomic mass is 10.1. The van der Waals surface area contributed by atoms with Crippen molar-refractivity contribution >= 4 is 33.5 Å². The van der Waals surface area contributed by atoms with Crippen LogP contribution in [0.4, 0.5) is 0 Å². The topological polar surface area (TPSA) is 127 Å². The van der Waals surface area contributed by atoms with E-state index >= 15 is 0 Å². The first-order valence-electron chi connectivity index (χ1n) is 9.66. The quantitative estimate of drug-likeness (QED) is 0.474. The maximum absolute atomic E-state index is 13.6. The molecule has 3 N–H and O–H groups in total. The van der Waals surface area contributed by atoms with E-state index in [1.54, 1.807) is 24.3 Å². The maximum atomic E-state index is 13.6. The highest BCUT2D eigenvalue weighted by Gasteiger charge is 2.36. The number of methoxy groups -OCH3 is 1. The summed E-state index contributed by atoms with van der Waals surface area (Å²) in [5, 5.41) is 9.47. The van der Waals surface area contributed by atoms with Crippen molar-refractivity contribution in [2.45, 2.75) is 17.5 Å². The van der Waals surface area contributed by atoms with Gasteiger partial charge in [-0.2, -0.15) is 4.31 Å². The third-order valence-electron chi connectivity index (χ3n) is 4.95. The van der Waals surface area contributed by atoms with Gasteiger partial charge in [-0.15, -0.1) is 0 Å². The molecule has 1 amide bonds. The first kappa shape index (κ1) is 24.2. The molecule has 8 nitrogen and oxygen atoms in total. The number of aromatic carboxylic acids is 1. The van der Waals surface area contributed by atoms with E-state index in [0.717, 1.165) is 4.31 Å².